The maximum absolute atomic E-state index is 12.2. The van der Waals surface area contributed by atoms with E-state index in [0.717, 1.165) is 44.1 Å². The van der Waals surface area contributed by atoms with E-state index in [0.29, 0.717) is 5.76 Å². The number of furan rings is 1. The van der Waals surface area contributed by atoms with Gasteiger partial charge < -0.3 is 9.32 Å². The van der Waals surface area contributed by atoms with E-state index >= 15 is 0 Å². The lowest BCUT2D eigenvalue weighted by Crippen LogP contribution is -2.53. The van der Waals surface area contributed by atoms with Gasteiger partial charge in [0, 0.05) is 32.2 Å². The van der Waals surface area contributed by atoms with E-state index in [2.05, 4.69) is 4.90 Å². The van der Waals surface area contributed by atoms with E-state index in [9.17, 15) is 4.79 Å². The van der Waals surface area contributed by atoms with E-state index in [4.69, 9.17) is 4.42 Å². The van der Waals surface area contributed by atoms with Crippen molar-refractivity contribution < 1.29 is 9.21 Å². The number of nitrogens with zero attached hydrogens (tertiary/aromatic N) is 2. The summed E-state index contributed by atoms with van der Waals surface area (Å²) in [6.45, 7) is 3.74. The highest BCUT2D eigenvalue weighted by atomic mass is 16.3. The van der Waals surface area contributed by atoms with Crippen molar-refractivity contribution in [3.63, 3.8) is 0 Å². The Morgan fingerprint density at radius 1 is 1.15 bits per heavy atom. The van der Waals surface area contributed by atoms with Gasteiger partial charge in [-0.15, -0.1) is 0 Å². The molecule has 0 N–H and O–H groups in total. The molecule has 20 heavy (non-hydrogen) atoms. The van der Waals surface area contributed by atoms with Crippen molar-refractivity contribution in [3.8, 4) is 0 Å². The minimum Gasteiger partial charge on any atom is -0.459 e. The molecule has 3 aliphatic rings. The van der Waals surface area contributed by atoms with Crippen molar-refractivity contribution in [1.29, 1.82) is 0 Å². The highest BCUT2D eigenvalue weighted by Crippen LogP contribution is 2.46. The first-order chi connectivity index (χ1) is 9.81. The highest BCUT2D eigenvalue weighted by molar-refractivity contribution is 5.91. The zero-order valence-electron chi connectivity index (χ0n) is 11.8. The molecule has 2 bridgehead atoms. The molecule has 0 unspecified atom stereocenters. The van der Waals surface area contributed by atoms with Gasteiger partial charge in [0.1, 0.15) is 0 Å². The van der Waals surface area contributed by atoms with Crippen LogP contribution in [0.25, 0.3) is 0 Å². The second kappa shape index (κ2) is 4.92. The number of amides is 1. The van der Waals surface area contributed by atoms with Crippen LogP contribution < -0.4 is 0 Å². The molecule has 1 aromatic rings. The molecule has 1 aromatic heterocycles. The van der Waals surface area contributed by atoms with Crippen molar-refractivity contribution in [2.24, 2.45) is 11.8 Å². The summed E-state index contributed by atoms with van der Waals surface area (Å²) in [5.41, 5.74) is 0. The number of fused-ring (bicyclic) bond motifs is 2. The van der Waals surface area contributed by atoms with Crippen LogP contribution in [0.1, 0.15) is 36.2 Å². The summed E-state index contributed by atoms with van der Waals surface area (Å²) < 4.78 is 5.21. The Kier molecular flexibility index (Phi) is 3.06. The van der Waals surface area contributed by atoms with Crippen LogP contribution in [0.2, 0.25) is 0 Å². The molecule has 108 valence electrons. The molecule has 1 saturated heterocycles. The lowest BCUT2D eigenvalue weighted by Gasteiger charge is -2.40. The molecule has 0 aromatic carbocycles. The number of hydrogen-bond acceptors (Lipinski definition) is 3. The summed E-state index contributed by atoms with van der Waals surface area (Å²) >= 11 is 0. The Labute approximate surface area is 119 Å². The average Bonchev–Trinajstić information content (AvgIpc) is 3.23. The van der Waals surface area contributed by atoms with Crippen molar-refractivity contribution in [2.75, 3.05) is 26.2 Å². The van der Waals surface area contributed by atoms with E-state index in [1.54, 1.807) is 18.4 Å². The minimum atomic E-state index is 0.0441. The van der Waals surface area contributed by atoms with Crippen LogP contribution in [-0.2, 0) is 0 Å². The quantitative estimate of drug-likeness (QED) is 0.830. The van der Waals surface area contributed by atoms with Crippen LogP contribution >= 0.6 is 0 Å². The fourth-order valence-corrected chi connectivity index (χ4v) is 4.47. The van der Waals surface area contributed by atoms with Gasteiger partial charge in [-0.1, -0.05) is 6.42 Å². The van der Waals surface area contributed by atoms with E-state index in [1.165, 1.54) is 25.7 Å². The summed E-state index contributed by atoms with van der Waals surface area (Å²) in [6, 6.07) is 4.33. The van der Waals surface area contributed by atoms with E-state index < -0.39 is 0 Å². The Morgan fingerprint density at radius 2 is 2.00 bits per heavy atom. The van der Waals surface area contributed by atoms with Gasteiger partial charge in [-0.05, 0) is 43.2 Å². The molecule has 2 heterocycles. The number of hydrogen-bond donors (Lipinski definition) is 0. The maximum Gasteiger partial charge on any atom is 0.289 e. The molecule has 1 aliphatic heterocycles. The molecule has 2 aliphatic carbocycles. The molecule has 2 saturated carbocycles. The minimum absolute atomic E-state index is 0.0441. The van der Waals surface area contributed by atoms with Gasteiger partial charge in [-0.25, -0.2) is 0 Å². The number of rotatable bonds is 2. The predicted molar refractivity (Wildman–Crippen MR) is 75.4 cm³/mol. The van der Waals surface area contributed by atoms with Gasteiger partial charge in [0.05, 0.1) is 6.26 Å². The average molecular weight is 274 g/mol. The van der Waals surface area contributed by atoms with E-state index in [-0.39, 0.29) is 5.91 Å². The van der Waals surface area contributed by atoms with Crippen LogP contribution in [0, 0.1) is 11.8 Å². The first-order valence-electron chi connectivity index (χ1n) is 7.88. The SMILES string of the molecule is O=C(c1ccco1)N1CCN([C@@H]2C[C@H]3CC[C@H]2C3)CC1. The van der Waals surface area contributed by atoms with Gasteiger partial charge in [0.15, 0.2) is 5.76 Å². The molecular formula is C16H22N2O2. The third-order valence-electron chi connectivity index (χ3n) is 5.50. The van der Waals surface area contributed by atoms with Crippen LogP contribution in [0.4, 0.5) is 0 Å². The molecule has 4 heteroatoms. The fourth-order valence-electron chi connectivity index (χ4n) is 4.47. The monoisotopic (exact) mass is 274 g/mol. The van der Waals surface area contributed by atoms with Crippen molar-refractivity contribution in [1.82, 2.24) is 9.80 Å². The Balaban J connectivity index is 1.35. The summed E-state index contributed by atoms with van der Waals surface area (Å²) in [4.78, 5) is 16.8. The van der Waals surface area contributed by atoms with Crippen molar-refractivity contribution >= 4 is 5.91 Å². The molecule has 0 spiro atoms. The molecule has 4 rings (SSSR count). The number of carbonyl (C=O) groups is 1. The normalized spacial score (nSPS) is 33.8. The summed E-state index contributed by atoms with van der Waals surface area (Å²) in [5.74, 6) is 2.45. The zero-order chi connectivity index (χ0) is 13.5. The summed E-state index contributed by atoms with van der Waals surface area (Å²) in [5, 5.41) is 0. The third-order valence-corrected chi connectivity index (χ3v) is 5.50. The van der Waals surface area contributed by atoms with Gasteiger partial charge in [-0.2, -0.15) is 0 Å². The molecule has 3 atom stereocenters. The summed E-state index contributed by atoms with van der Waals surface area (Å²) in [7, 11) is 0. The van der Waals surface area contributed by atoms with Gasteiger partial charge >= 0.3 is 0 Å². The van der Waals surface area contributed by atoms with Crippen LogP contribution in [0.5, 0.6) is 0 Å². The summed E-state index contributed by atoms with van der Waals surface area (Å²) in [6.07, 6.45) is 7.31. The van der Waals surface area contributed by atoms with Crippen molar-refractivity contribution in [3.05, 3.63) is 24.2 Å². The maximum atomic E-state index is 12.2. The molecule has 1 amide bonds. The smallest absolute Gasteiger partial charge is 0.289 e. The third kappa shape index (κ3) is 2.06. The first kappa shape index (κ1) is 12.5. The Morgan fingerprint density at radius 3 is 2.60 bits per heavy atom. The second-order valence-corrected chi connectivity index (χ2v) is 6.55. The Hall–Kier alpha value is -1.29. The largest absolute Gasteiger partial charge is 0.459 e. The molecule has 0 radical (unpaired) electrons. The van der Waals surface area contributed by atoms with Crippen LogP contribution in [0.3, 0.4) is 0 Å². The highest BCUT2D eigenvalue weighted by Gasteiger charge is 2.43. The fraction of sp³-hybridized carbons (Fsp3) is 0.688. The number of carbonyl (C=O) groups excluding carboxylic acids is 1. The van der Waals surface area contributed by atoms with E-state index in [1.807, 2.05) is 4.90 Å². The Bertz CT molecular complexity index is 477. The second-order valence-electron chi connectivity index (χ2n) is 6.55. The van der Waals surface area contributed by atoms with Gasteiger partial charge in [0.25, 0.3) is 5.91 Å². The zero-order valence-corrected chi connectivity index (χ0v) is 11.8. The van der Waals surface area contributed by atoms with Gasteiger partial charge in [-0.3, -0.25) is 9.69 Å². The lowest BCUT2D eigenvalue weighted by atomic mass is 9.93. The van der Waals surface area contributed by atoms with Crippen molar-refractivity contribution in [2.45, 2.75) is 31.7 Å². The molecule has 3 fully saturated rings. The molecular weight excluding hydrogens is 252 g/mol. The standard InChI is InChI=1S/C16H22N2O2/c19-16(15-2-1-9-20-15)18-7-5-17(6-8-18)14-11-12-3-4-13(14)10-12/h1-2,9,12-14H,3-8,10-11H2/t12-,13-,14+/m0/s1. The predicted octanol–water partition coefficient (Wildman–Crippen LogP) is 2.23. The first-order valence-corrected chi connectivity index (χ1v) is 7.88. The van der Waals surface area contributed by atoms with Gasteiger partial charge in [0.2, 0.25) is 0 Å². The van der Waals surface area contributed by atoms with Crippen LogP contribution in [-0.4, -0.2) is 47.9 Å². The lowest BCUT2D eigenvalue weighted by molar-refractivity contribution is 0.0471. The van der Waals surface area contributed by atoms with Crippen LogP contribution in [0.15, 0.2) is 22.8 Å². The molecule has 4 nitrogen and oxygen atoms in total. The number of piperazine rings is 1. The topological polar surface area (TPSA) is 36.7 Å².